The number of rotatable bonds is 3. The van der Waals surface area contributed by atoms with Gasteiger partial charge in [0.1, 0.15) is 5.75 Å². The molecule has 1 aromatic rings. The standard InChI is InChI=1S/C15H21NO2/c1-3-13-4-2-8-16-15(13)14(5-1)18-11-12-6-9-17-10-7-12/h1,3,5,12,16H,2,4,6-11H2. The van der Waals surface area contributed by atoms with Crippen molar-refractivity contribution in [3.63, 3.8) is 0 Å². The third-order valence-electron chi connectivity index (χ3n) is 3.85. The Morgan fingerprint density at radius 1 is 1.28 bits per heavy atom. The molecule has 18 heavy (non-hydrogen) atoms. The Hall–Kier alpha value is -1.22. The predicted octanol–water partition coefficient (Wildman–Crippen LogP) is 2.85. The molecule has 2 heterocycles. The molecule has 1 saturated heterocycles. The van der Waals surface area contributed by atoms with Gasteiger partial charge in [-0.3, -0.25) is 0 Å². The Kier molecular flexibility index (Phi) is 3.69. The first-order chi connectivity index (χ1) is 8.93. The number of para-hydroxylation sites is 1. The number of aryl methyl sites for hydroxylation is 1. The molecule has 0 saturated carbocycles. The van der Waals surface area contributed by atoms with Gasteiger partial charge in [0.15, 0.2) is 0 Å². The highest BCUT2D eigenvalue weighted by molar-refractivity contribution is 5.63. The van der Waals surface area contributed by atoms with Gasteiger partial charge >= 0.3 is 0 Å². The molecule has 2 aliphatic heterocycles. The summed E-state index contributed by atoms with van der Waals surface area (Å²) in [5.74, 6) is 1.68. The maximum Gasteiger partial charge on any atom is 0.142 e. The summed E-state index contributed by atoms with van der Waals surface area (Å²) in [5.41, 5.74) is 2.61. The average molecular weight is 247 g/mol. The van der Waals surface area contributed by atoms with E-state index in [-0.39, 0.29) is 0 Å². The Morgan fingerprint density at radius 2 is 2.17 bits per heavy atom. The van der Waals surface area contributed by atoms with Crippen LogP contribution in [0.15, 0.2) is 18.2 Å². The molecule has 3 nitrogen and oxygen atoms in total. The highest BCUT2D eigenvalue weighted by Gasteiger charge is 2.17. The van der Waals surface area contributed by atoms with Crippen molar-refractivity contribution in [3.05, 3.63) is 23.8 Å². The van der Waals surface area contributed by atoms with Crippen LogP contribution in [0.5, 0.6) is 5.75 Å². The third kappa shape index (κ3) is 2.61. The lowest BCUT2D eigenvalue weighted by Crippen LogP contribution is -2.22. The van der Waals surface area contributed by atoms with E-state index >= 15 is 0 Å². The molecule has 1 N–H and O–H groups in total. The molecule has 3 heteroatoms. The Balaban J connectivity index is 1.65. The van der Waals surface area contributed by atoms with Crippen LogP contribution in [0.3, 0.4) is 0 Å². The van der Waals surface area contributed by atoms with Crippen LogP contribution in [0.1, 0.15) is 24.8 Å². The molecule has 98 valence electrons. The topological polar surface area (TPSA) is 30.5 Å². The van der Waals surface area contributed by atoms with Crippen LogP contribution in [0, 0.1) is 5.92 Å². The van der Waals surface area contributed by atoms with Crippen molar-refractivity contribution >= 4 is 5.69 Å². The maximum absolute atomic E-state index is 6.03. The second-order valence-corrected chi connectivity index (χ2v) is 5.19. The number of benzene rings is 1. The molecule has 0 unspecified atom stereocenters. The highest BCUT2D eigenvalue weighted by Crippen LogP contribution is 2.32. The normalized spacial score (nSPS) is 20.0. The first-order valence-electron chi connectivity index (χ1n) is 7.00. The van der Waals surface area contributed by atoms with Crippen LogP contribution in [-0.4, -0.2) is 26.4 Å². The zero-order valence-corrected chi connectivity index (χ0v) is 10.8. The average Bonchev–Trinajstić information content (AvgIpc) is 2.46. The highest BCUT2D eigenvalue weighted by atomic mass is 16.5. The molecule has 0 aliphatic carbocycles. The monoisotopic (exact) mass is 247 g/mol. The van der Waals surface area contributed by atoms with E-state index in [4.69, 9.17) is 9.47 Å². The van der Waals surface area contributed by atoms with Crippen molar-refractivity contribution in [2.24, 2.45) is 5.92 Å². The summed E-state index contributed by atoms with van der Waals surface area (Å²) in [7, 11) is 0. The van der Waals surface area contributed by atoms with Gasteiger partial charge in [-0.15, -0.1) is 0 Å². The minimum atomic E-state index is 0.651. The van der Waals surface area contributed by atoms with E-state index in [1.165, 1.54) is 17.7 Å². The van der Waals surface area contributed by atoms with Crippen molar-refractivity contribution in [2.75, 3.05) is 31.7 Å². The largest absolute Gasteiger partial charge is 0.491 e. The fourth-order valence-electron chi connectivity index (χ4n) is 2.72. The van der Waals surface area contributed by atoms with Crippen molar-refractivity contribution in [1.29, 1.82) is 0 Å². The molecule has 3 rings (SSSR count). The van der Waals surface area contributed by atoms with E-state index in [1.54, 1.807) is 0 Å². The van der Waals surface area contributed by atoms with E-state index in [0.29, 0.717) is 5.92 Å². The van der Waals surface area contributed by atoms with Crippen molar-refractivity contribution in [3.8, 4) is 5.75 Å². The minimum absolute atomic E-state index is 0.651. The number of anilines is 1. The van der Waals surface area contributed by atoms with E-state index in [9.17, 15) is 0 Å². The van der Waals surface area contributed by atoms with Gasteiger partial charge in [0.25, 0.3) is 0 Å². The molecule has 1 fully saturated rings. The van der Waals surface area contributed by atoms with Crippen LogP contribution < -0.4 is 10.1 Å². The lowest BCUT2D eigenvalue weighted by molar-refractivity contribution is 0.0498. The van der Waals surface area contributed by atoms with E-state index in [2.05, 4.69) is 23.5 Å². The zero-order valence-electron chi connectivity index (χ0n) is 10.8. The number of fused-ring (bicyclic) bond motifs is 1. The Bertz CT molecular complexity index is 399. The summed E-state index contributed by atoms with van der Waals surface area (Å²) in [6.45, 7) is 3.66. The van der Waals surface area contributed by atoms with Crippen molar-refractivity contribution < 1.29 is 9.47 Å². The van der Waals surface area contributed by atoms with Gasteiger partial charge < -0.3 is 14.8 Å². The first kappa shape index (κ1) is 11.8. The summed E-state index contributed by atoms with van der Waals surface area (Å²) < 4.78 is 11.4. The molecule has 0 amide bonds. The number of hydrogen-bond donors (Lipinski definition) is 1. The molecule has 0 atom stereocenters. The second-order valence-electron chi connectivity index (χ2n) is 5.19. The number of nitrogens with one attached hydrogen (secondary N) is 1. The first-order valence-corrected chi connectivity index (χ1v) is 7.00. The van der Waals surface area contributed by atoms with Crippen LogP contribution in [0.2, 0.25) is 0 Å². The molecule has 0 aromatic heterocycles. The van der Waals surface area contributed by atoms with Crippen LogP contribution in [0.4, 0.5) is 5.69 Å². The van der Waals surface area contributed by atoms with Crippen molar-refractivity contribution in [2.45, 2.75) is 25.7 Å². The van der Waals surface area contributed by atoms with Gasteiger partial charge in [-0.05, 0) is 43.2 Å². The molecule has 0 spiro atoms. The van der Waals surface area contributed by atoms with Crippen LogP contribution >= 0.6 is 0 Å². The quantitative estimate of drug-likeness (QED) is 0.891. The molecule has 0 radical (unpaired) electrons. The number of ether oxygens (including phenoxy) is 2. The number of hydrogen-bond acceptors (Lipinski definition) is 3. The SMILES string of the molecule is c1cc2c(c(OCC3CCOCC3)c1)NCCC2. The van der Waals surface area contributed by atoms with Crippen LogP contribution in [0.25, 0.3) is 0 Å². The predicted molar refractivity (Wildman–Crippen MR) is 72.3 cm³/mol. The lowest BCUT2D eigenvalue weighted by Gasteiger charge is -2.25. The Morgan fingerprint density at radius 3 is 3.06 bits per heavy atom. The van der Waals surface area contributed by atoms with Gasteiger partial charge in [-0.1, -0.05) is 12.1 Å². The maximum atomic E-state index is 6.03. The summed E-state index contributed by atoms with van der Waals surface area (Å²) in [6.07, 6.45) is 4.64. The smallest absolute Gasteiger partial charge is 0.142 e. The third-order valence-corrected chi connectivity index (χ3v) is 3.85. The summed E-state index contributed by atoms with van der Waals surface area (Å²) in [4.78, 5) is 0. The molecule has 2 aliphatic rings. The van der Waals surface area contributed by atoms with Gasteiger partial charge in [-0.25, -0.2) is 0 Å². The molecule has 0 bridgehead atoms. The van der Waals surface area contributed by atoms with Gasteiger partial charge in [-0.2, -0.15) is 0 Å². The zero-order chi connectivity index (χ0) is 12.2. The van der Waals surface area contributed by atoms with Gasteiger partial charge in [0, 0.05) is 19.8 Å². The molecular weight excluding hydrogens is 226 g/mol. The lowest BCUT2D eigenvalue weighted by atomic mass is 10.0. The summed E-state index contributed by atoms with van der Waals surface area (Å²) in [5, 5.41) is 3.47. The summed E-state index contributed by atoms with van der Waals surface area (Å²) in [6, 6.07) is 6.38. The van der Waals surface area contributed by atoms with Gasteiger partial charge in [0.05, 0.1) is 12.3 Å². The summed E-state index contributed by atoms with van der Waals surface area (Å²) >= 11 is 0. The second kappa shape index (κ2) is 5.61. The van der Waals surface area contributed by atoms with Crippen molar-refractivity contribution in [1.82, 2.24) is 0 Å². The fraction of sp³-hybridized carbons (Fsp3) is 0.600. The molecular formula is C15H21NO2. The Labute approximate surface area is 108 Å². The minimum Gasteiger partial charge on any atom is -0.491 e. The van der Waals surface area contributed by atoms with Crippen LogP contribution in [-0.2, 0) is 11.2 Å². The molecule has 1 aromatic carbocycles. The fourth-order valence-corrected chi connectivity index (χ4v) is 2.72. The van der Waals surface area contributed by atoms with E-state index < -0.39 is 0 Å². The van der Waals surface area contributed by atoms with Gasteiger partial charge in [0.2, 0.25) is 0 Å². The van der Waals surface area contributed by atoms with E-state index in [1.807, 2.05) is 0 Å². The van der Waals surface area contributed by atoms with E-state index in [0.717, 1.165) is 51.4 Å².